The summed E-state index contributed by atoms with van der Waals surface area (Å²) >= 11 is 7.46. The van der Waals surface area contributed by atoms with Crippen molar-refractivity contribution >= 4 is 41.0 Å². The van der Waals surface area contributed by atoms with Gasteiger partial charge in [0.25, 0.3) is 5.91 Å². The number of carbonyl (C=O) groups excluding carboxylic acids is 2. The van der Waals surface area contributed by atoms with Gasteiger partial charge >= 0.3 is 0 Å². The number of hydrogen-bond donors (Lipinski definition) is 1. The number of amides is 2. The van der Waals surface area contributed by atoms with Crippen LogP contribution in [-0.2, 0) is 4.79 Å². The van der Waals surface area contributed by atoms with Gasteiger partial charge in [0.1, 0.15) is 16.8 Å². The van der Waals surface area contributed by atoms with Gasteiger partial charge in [0.05, 0.1) is 5.75 Å². The Bertz CT molecular complexity index is 1010. The van der Waals surface area contributed by atoms with Crippen molar-refractivity contribution in [3.05, 3.63) is 46.9 Å². The van der Waals surface area contributed by atoms with Crippen LogP contribution in [0, 0.1) is 11.7 Å². The average Bonchev–Trinajstić information content (AvgIpc) is 2.76. The monoisotopic (exact) mass is 493 g/mol. The van der Waals surface area contributed by atoms with Gasteiger partial charge in [-0.1, -0.05) is 43.3 Å². The molecule has 1 aliphatic rings. The molecular weight excluding hydrogens is 465 g/mol. The van der Waals surface area contributed by atoms with Gasteiger partial charge < -0.3 is 15.1 Å². The number of hydrogen-bond acceptors (Lipinski definition) is 6. The number of halogens is 2. The third-order valence-corrected chi connectivity index (χ3v) is 6.71. The van der Waals surface area contributed by atoms with Crippen molar-refractivity contribution in [1.29, 1.82) is 0 Å². The zero-order chi connectivity index (χ0) is 24.1. The van der Waals surface area contributed by atoms with E-state index in [1.807, 2.05) is 18.7 Å². The van der Waals surface area contributed by atoms with Crippen LogP contribution in [0.25, 0.3) is 0 Å². The van der Waals surface area contributed by atoms with E-state index in [0.29, 0.717) is 47.2 Å². The number of benzene rings is 1. The Morgan fingerprint density at radius 3 is 2.67 bits per heavy atom. The van der Waals surface area contributed by atoms with Crippen LogP contribution < -0.4 is 10.2 Å². The number of nitrogens with one attached hydrogen (secondary N) is 1. The molecule has 1 aromatic heterocycles. The molecule has 1 aliphatic heterocycles. The van der Waals surface area contributed by atoms with Gasteiger partial charge in [-0.25, -0.2) is 14.4 Å². The predicted octanol–water partition coefficient (Wildman–Crippen LogP) is 3.87. The quantitative estimate of drug-likeness (QED) is 0.358. The minimum absolute atomic E-state index is 0.0792. The van der Waals surface area contributed by atoms with Gasteiger partial charge in [-0.3, -0.25) is 9.59 Å². The lowest BCUT2D eigenvalue weighted by molar-refractivity contribution is -0.119. The van der Waals surface area contributed by atoms with Crippen LogP contribution in [0.15, 0.2) is 35.5 Å². The molecule has 3 rings (SSSR count). The molecule has 2 amide bonds. The van der Waals surface area contributed by atoms with E-state index < -0.39 is 5.82 Å². The van der Waals surface area contributed by atoms with Crippen molar-refractivity contribution in [2.75, 3.05) is 30.3 Å². The molecule has 0 radical (unpaired) electrons. The van der Waals surface area contributed by atoms with Gasteiger partial charge in [-0.15, -0.1) is 0 Å². The predicted molar refractivity (Wildman–Crippen MR) is 129 cm³/mol. The molecule has 1 aromatic carbocycles. The molecule has 0 spiro atoms. The summed E-state index contributed by atoms with van der Waals surface area (Å²) in [4.78, 5) is 37.6. The highest BCUT2D eigenvalue weighted by Crippen LogP contribution is 2.25. The molecule has 2 aromatic rings. The molecular formula is C23H29ClFN5O2S. The SMILES string of the molecule is CC(C)C(C)NC(=O)CSc1nc(Cl)cc(N2CCN(C(=O)c3cccc(F)c3)C(C)C2)n1. The molecule has 2 atom stereocenters. The molecule has 10 heteroatoms. The number of piperazine rings is 1. The molecule has 0 bridgehead atoms. The molecule has 1 fully saturated rings. The van der Waals surface area contributed by atoms with E-state index in [4.69, 9.17) is 11.6 Å². The van der Waals surface area contributed by atoms with E-state index in [9.17, 15) is 14.0 Å². The van der Waals surface area contributed by atoms with Gasteiger partial charge in [-0.2, -0.15) is 0 Å². The van der Waals surface area contributed by atoms with E-state index in [1.165, 1.54) is 30.0 Å². The highest BCUT2D eigenvalue weighted by molar-refractivity contribution is 7.99. The van der Waals surface area contributed by atoms with Gasteiger partial charge in [-0.05, 0) is 38.0 Å². The first-order valence-electron chi connectivity index (χ1n) is 10.9. The van der Waals surface area contributed by atoms with Crippen molar-refractivity contribution in [3.8, 4) is 0 Å². The van der Waals surface area contributed by atoms with E-state index in [1.54, 1.807) is 17.0 Å². The van der Waals surface area contributed by atoms with Crippen LogP contribution in [0.2, 0.25) is 5.15 Å². The lowest BCUT2D eigenvalue weighted by Crippen LogP contribution is -2.54. The summed E-state index contributed by atoms with van der Waals surface area (Å²) in [6.45, 7) is 9.59. The van der Waals surface area contributed by atoms with E-state index in [2.05, 4.69) is 29.1 Å². The van der Waals surface area contributed by atoms with Crippen LogP contribution in [0.4, 0.5) is 10.2 Å². The highest BCUT2D eigenvalue weighted by Gasteiger charge is 2.29. The smallest absolute Gasteiger partial charge is 0.254 e. The van der Waals surface area contributed by atoms with Crippen molar-refractivity contribution < 1.29 is 14.0 Å². The fourth-order valence-corrected chi connectivity index (χ4v) is 4.35. The molecule has 2 heterocycles. The van der Waals surface area contributed by atoms with Crippen LogP contribution in [0.5, 0.6) is 0 Å². The summed E-state index contributed by atoms with van der Waals surface area (Å²) in [6, 6.07) is 7.40. The van der Waals surface area contributed by atoms with Gasteiger partial charge in [0.15, 0.2) is 5.16 Å². The lowest BCUT2D eigenvalue weighted by atomic mass is 10.1. The van der Waals surface area contributed by atoms with Crippen LogP contribution >= 0.6 is 23.4 Å². The maximum Gasteiger partial charge on any atom is 0.254 e. The maximum absolute atomic E-state index is 13.5. The highest BCUT2D eigenvalue weighted by atomic mass is 35.5. The molecule has 33 heavy (non-hydrogen) atoms. The summed E-state index contributed by atoms with van der Waals surface area (Å²) < 4.78 is 13.5. The van der Waals surface area contributed by atoms with Gasteiger partial charge in [0, 0.05) is 43.3 Å². The van der Waals surface area contributed by atoms with Crippen molar-refractivity contribution in [2.45, 2.75) is 44.9 Å². The van der Waals surface area contributed by atoms with Crippen LogP contribution in [0.1, 0.15) is 38.1 Å². The third-order valence-electron chi connectivity index (χ3n) is 5.67. The number of nitrogens with zero attached hydrogens (tertiary/aromatic N) is 4. The molecule has 1 N–H and O–H groups in total. The normalized spacial score (nSPS) is 17.2. The number of carbonyl (C=O) groups is 2. The number of rotatable bonds is 7. The first kappa shape index (κ1) is 25.2. The summed E-state index contributed by atoms with van der Waals surface area (Å²) in [5.74, 6) is 0.493. The Labute approximate surface area is 203 Å². The minimum Gasteiger partial charge on any atom is -0.353 e. The average molecular weight is 494 g/mol. The second kappa shape index (κ2) is 11.2. The van der Waals surface area contributed by atoms with Crippen LogP contribution in [0.3, 0.4) is 0 Å². The Balaban J connectivity index is 1.63. The molecule has 0 aliphatic carbocycles. The topological polar surface area (TPSA) is 78.4 Å². The number of anilines is 1. The van der Waals surface area contributed by atoms with E-state index in [-0.39, 0.29) is 29.7 Å². The fraction of sp³-hybridized carbons (Fsp3) is 0.478. The van der Waals surface area contributed by atoms with Crippen molar-refractivity contribution in [2.24, 2.45) is 5.92 Å². The fourth-order valence-electron chi connectivity index (χ4n) is 3.46. The molecule has 7 nitrogen and oxygen atoms in total. The second-order valence-corrected chi connectivity index (χ2v) is 9.85. The largest absolute Gasteiger partial charge is 0.353 e. The Morgan fingerprint density at radius 1 is 1.24 bits per heavy atom. The molecule has 1 saturated heterocycles. The Kier molecular flexibility index (Phi) is 8.53. The number of thioether (sulfide) groups is 1. The van der Waals surface area contributed by atoms with Crippen LogP contribution in [-0.4, -0.2) is 64.2 Å². The summed E-state index contributed by atoms with van der Waals surface area (Å²) in [6.07, 6.45) is 0. The van der Waals surface area contributed by atoms with E-state index >= 15 is 0 Å². The Hall–Kier alpha value is -2.39. The molecule has 178 valence electrons. The third kappa shape index (κ3) is 6.80. The van der Waals surface area contributed by atoms with Crippen molar-refractivity contribution in [3.63, 3.8) is 0 Å². The Morgan fingerprint density at radius 2 is 2.00 bits per heavy atom. The minimum atomic E-state index is -0.430. The summed E-state index contributed by atoms with van der Waals surface area (Å²) in [5.41, 5.74) is 0.337. The molecule has 2 unspecified atom stereocenters. The van der Waals surface area contributed by atoms with Crippen molar-refractivity contribution in [1.82, 2.24) is 20.2 Å². The zero-order valence-electron chi connectivity index (χ0n) is 19.2. The van der Waals surface area contributed by atoms with Gasteiger partial charge in [0.2, 0.25) is 5.91 Å². The van der Waals surface area contributed by atoms with E-state index in [0.717, 1.165) is 0 Å². The number of aromatic nitrogens is 2. The zero-order valence-corrected chi connectivity index (χ0v) is 20.8. The first-order valence-corrected chi connectivity index (χ1v) is 12.3. The summed E-state index contributed by atoms with van der Waals surface area (Å²) in [7, 11) is 0. The maximum atomic E-state index is 13.5. The lowest BCUT2D eigenvalue weighted by Gasteiger charge is -2.40. The summed E-state index contributed by atoms with van der Waals surface area (Å²) in [5, 5.41) is 3.68. The standard InChI is InChI=1S/C23H29ClFN5O2S/c1-14(2)16(4)26-21(31)13-33-23-27-19(24)11-20(28-23)29-8-9-30(15(3)12-29)22(32)17-6-5-7-18(25)10-17/h5-7,10-11,14-16H,8-9,12-13H2,1-4H3,(H,26,31). The molecule has 0 saturated carbocycles. The first-order chi connectivity index (χ1) is 15.6. The second-order valence-electron chi connectivity index (χ2n) is 8.52.